The second kappa shape index (κ2) is 10.5. The number of hydrogen-bond acceptors (Lipinski definition) is 5. The summed E-state index contributed by atoms with van der Waals surface area (Å²) in [6.07, 6.45) is 9.84. The van der Waals surface area contributed by atoms with Crippen LogP contribution in [0.5, 0.6) is 0 Å². The quantitative estimate of drug-likeness (QED) is 0.557. The molecule has 1 aromatic rings. The molecule has 2 N–H and O–H groups in total. The van der Waals surface area contributed by atoms with Gasteiger partial charge >= 0.3 is 0 Å². The summed E-state index contributed by atoms with van der Waals surface area (Å²) in [5, 5.41) is 8.03. The van der Waals surface area contributed by atoms with Crippen LogP contribution in [-0.2, 0) is 6.54 Å². The summed E-state index contributed by atoms with van der Waals surface area (Å²) in [7, 11) is 1.88. The highest BCUT2D eigenvalue weighted by Gasteiger charge is 2.23. The maximum atomic E-state index is 5.73. The zero-order chi connectivity index (χ0) is 19.9. The summed E-state index contributed by atoms with van der Waals surface area (Å²) in [6.45, 7) is 8.04. The maximum Gasteiger partial charge on any atom is 0.208 e. The highest BCUT2D eigenvalue weighted by Crippen LogP contribution is 2.27. The van der Waals surface area contributed by atoms with Crippen molar-refractivity contribution in [3.05, 3.63) is 17.3 Å². The largest absolute Gasteiger partial charge is 0.444 e. The minimum Gasteiger partial charge on any atom is -0.444 e. The SMILES string of the molecule is CN=C(NCC1CCN(Cc2nc(C)c(C)o2)CC1)NC1CCCC(SC)C1. The number of likely N-dealkylation sites (tertiary alicyclic amines) is 1. The second-order valence-electron chi connectivity index (χ2n) is 8.29. The molecular weight excluding hydrogens is 370 g/mol. The fourth-order valence-electron chi connectivity index (χ4n) is 4.27. The number of aromatic nitrogens is 1. The van der Waals surface area contributed by atoms with Gasteiger partial charge in [0.1, 0.15) is 5.76 Å². The Balaban J connectivity index is 1.37. The normalized spacial score (nSPS) is 25.1. The number of aryl methyl sites for hydroxylation is 2. The number of thioether (sulfide) groups is 1. The highest BCUT2D eigenvalue weighted by atomic mass is 32.2. The molecule has 2 unspecified atom stereocenters. The van der Waals surface area contributed by atoms with E-state index in [9.17, 15) is 0 Å². The first-order chi connectivity index (χ1) is 13.6. The molecule has 0 spiro atoms. The Hall–Kier alpha value is -1.21. The molecule has 1 saturated carbocycles. The standard InChI is InChI=1S/C21H37N5OS/c1-15-16(2)27-20(24-15)14-26-10-8-17(9-11-26)13-23-21(22-3)25-18-6-5-7-19(12-18)28-4/h17-19H,5-14H2,1-4H3,(H2,22,23,25). The third-order valence-corrected chi connectivity index (χ3v) is 7.32. The molecule has 158 valence electrons. The van der Waals surface area contributed by atoms with Crippen LogP contribution < -0.4 is 10.6 Å². The molecule has 3 rings (SSSR count). The van der Waals surface area contributed by atoms with Gasteiger partial charge in [0.25, 0.3) is 0 Å². The Morgan fingerprint density at radius 1 is 1.25 bits per heavy atom. The molecule has 0 radical (unpaired) electrons. The predicted octanol–water partition coefficient (Wildman–Crippen LogP) is 3.34. The van der Waals surface area contributed by atoms with Gasteiger partial charge in [0.15, 0.2) is 5.96 Å². The van der Waals surface area contributed by atoms with Gasteiger partial charge in [0.2, 0.25) is 5.89 Å². The molecule has 1 saturated heterocycles. The number of nitrogens with one attached hydrogen (secondary N) is 2. The van der Waals surface area contributed by atoms with Gasteiger partial charge in [-0.25, -0.2) is 4.98 Å². The lowest BCUT2D eigenvalue weighted by Gasteiger charge is -2.32. The van der Waals surface area contributed by atoms with Crippen LogP contribution in [-0.4, -0.2) is 60.1 Å². The van der Waals surface area contributed by atoms with Crippen molar-refractivity contribution in [2.24, 2.45) is 10.9 Å². The van der Waals surface area contributed by atoms with Crippen molar-refractivity contribution in [2.75, 3.05) is 32.9 Å². The molecule has 0 aromatic carbocycles. The lowest BCUT2D eigenvalue weighted by atomic mass is 9.95. The van der Waals surface area contributed by atoms with Crippen molar-refractivity contribution < 1.29 is 4.42 Å². The van der Waals surface area contributed by atoms with E-state index in [0.29, 0.717) is 12.0 Å². The van der Waals surface area contributed by atoms with E-state index in [0.717, 1.165) is 54.7 Å². The second-order valence-corrected chi connectivity index (χ2v) is 9.43. The predicted molar refractivity (Wildman–Crippen MR) is 118 cm³/mol. The summed E-state index contributed by atoms with van der Waals surface area (Å²) in [5.74, 6) is 3.47. The minimum absolute atomic E-state index is 0.562. The van der Waals surface area contributed by atoms with Gasteiger partial charge in [-0.2, -0.15) is 11.8 Å². The Morgan fingerprint density at radius 2 is 2.04 bits per heavy atom. The first kappa shape index (κ1) is 21.5. The zero-order valence-corrected chi connectivity index (χ0v) is 18.8. The Morgan fingerprint density at radius 3 is 2.68 bits per heavy atom. The first-order valence-corrected chi connectivity index (χ1v) is 12.0. The third-order valence-electron chi connectivity index (χ3n) is 6.22. The molecule has 0 bridgehead atoms. The van der Waals surface area contributed by atoms with Crippen LogP contribution in [0.4, 0.5) is 0 Å². The third kappa shape index (κ3) is 6.14. The molecule has 2 atom stereocenters. The van der Waals surface area contributed by atoms with E-state index >= 15 is 0 Å². The summed E-state index contributed by atoms with van der Waals surface area (Å²) in [5.41, 5.74) is 1.01. The monoisotopic (exact) mass is 407 g/mol. The van der Waals surface area contributed by atoms with Gasteiger partial charge in [0.05, 0.1) is 12.2 Å². The number of guanidine groups is 1. The van der Waals surface area contributed by atoms with Crippen LogP contribution in [0.1, 0.15) is 55.9 Å². The van der Waals surface area contributed by atoms with E-state index in [1.165, 1.54) is 38.5 Å². The van der Waals surface area contributed by atoms with Crippen molar-refractivity contribution >= 4 is 17.7 Å². The van der Waals surface area contributed by atoms with Crippen LogP contribution in [0.25, 0.3) is 0 Å². The number of rotatable bonds is 6. The van der Waals surface area contributed by atoms with Crippen LogP contribution in [0.3, 0.4) is 0 Å². The van der Waals surface area contributed by atoms with Crippen molar-refractivity contribution in [3.8, 4) is 0 Å². The number of oxazole rings is 1. The van der Waals surface area contributed by atoms with Gasteiger partial charge < -0.3 is 15.1 Å². The van der Waals surface area contributed by atoms with Gasteiger partial charge in [-0.1, -0.05) is 6.42 Å². The van der Waals surface area contributed by atoms with E-state index in [4.69, 9.17) is 4.42 Å². The van der Waals surface area contributed by atoms with E-state index < -0.39 is 0 Å². The van der Waals surface area contributed by atoms with Crippen LogP contribution >= 0.6 is 11.8 Å². The summed E-state index contributed by atoms with van der Waals surface area (Å²) >= 11 is 2.01. The number of hydrogen-bond donors (Lipinski definition) is 2. The van der Waals surface area contributed by atoms with Crippen molar-refractivity contribution in [1.29, 1.82) is 0 Å². The smallest absolute Gasteiger partial charge is 0.208 e. The molecule has 6 nitrogen and oxygen atoms in total. The van der Waals surface area contributed by atoms with Crippen LogP contribution in [0, 0.1) is 19.8 Å². The molecule has 0 amide bonds. The Labute approximate surface area is 174 Å². The molecule has 2 aliphatic rings. The van der Waals surface area contributed by atoms with E-state index in [1.807, 2.05) is 32.7 Å². The first-order valence-electron chi connectivity index (χ1n) is 10.7. The van der Waals surface area contributed by atoms with Gasteiger partial charge in [-0.15, -0.1) is 0 Å². The summed E-state index contributed by atoms with van der Waals surface area (Å²) < 4.78 is 5.73. The molecule has 2 heterocycles. The highest BCUT2D eigenvalue weighted by molar-refractivity contribution is 7.99. The lowest BCUT2D eigenvalue weighted by Crippen LogP contribution is -2.47. The average molecular weight is 408 g/mol. The van der Waals surface area contributed by atoms with Gasteiger partial charge in [-0.05, 0) is 71.2 Å². The Bertz CT molecular complexity index is 619. The van der Waals surface area contributed by atoms with E-state index in [-0.39, 0.29) is 0 Å². The molecule has 7 heteroatoms. The Kier molecular flexibility index (Phi) is 8.09. The fourth-order valence-corrected chi connectivity index (χ4v) is 5.09. The zero-order valence-electron chi connectivity index (χ0n) is 18.0. The molecule has 1 aromatic heterocycles. The molecule has 1 aliphatic carbocycles. The maximum absolute atomic E-state index is 5.73. The fraction of sp³-hybridized carbons (Fsp3) is 0.810. The lowest BCUT2D eigenvalue weighted by molar-refractivity contribution is 0.164. The van der Waals surface area contributed by atoms with E-state index in [2.05, 4.69) is 31.8 Å². The molecular formula is C21H37N5OS. The number of nitrogens with zero attached hydrogens (tertiary/aromatic N) is 3. The van der Waals surface area contributed by atoms with Gasteiger partial charge in [0, 0.05) is 24.9 Å². The topological polar surface area (TPSA) is 65.7 Å². The van der Waals surface area contributed by atoms with E-state index in [1.54, 1.807) is 0 Å². The van der Waals surface area contributed by atoms with Gasteiger partial charge in [-0.3, -0.25) is 9.89 Å². The molecule has 2 fully saturated rings. The van der Waals surface area contributed by atoms with Crippen molar-refractivity contribution in [2.45, 2.75) is 70.2 Å². The van der Waals surface area contributed by atoms with Crippen LogP contribution in [0.2, 0.25) is 0 Å². The van der Waals surface area contributed by atoms with Crippen LogP contribution in [0.15, 0.2) is 9.41 Å². The van der Waals surface area contributed by atoms with Crippen molar-refractivity contribution in [1.82, 2.24) is 20.5 Å². The number of aliphatic imine (C=N–C) groups is 1. The molecule has 28 heavy (non-hydrogen) atoms. The average Bonchev–Trinajstić information content (AvgIpc) is 3.03. The summed E-state index contributed by atoms with van der Waals surface area (Å²) in [6, 6.07) is 0.562. The molecule has 1 aliphatic heterocycles. The van der Waals surface area contributed by atoms with Crippen molar-refractivity contribution in [3.63, 3.8) is 0 Å². The summed E-state index contributed by atoms with van der Waals surface area (Å²) in [4.78, 5) is 11.4. The minimum atomic E-state index is 0.562. The number of piperidine rings is 1.